The molecule has 126 valence electrons. The maximum absolute atomic E-state index is 12.4. The van der Waals surface area contributed by atoms with Crippen LogP contribution in [-0.4, -0.2) is 62.0 Å². The third-order valence-corrected chi connectivity index (χ3v) is 5.73. The smallest absolute Gasteiger partial charge is 0.223 e. The highest BCUT2D eigenvalue weighted by atomic mass is 35.5. The van der Waals surface area contributed by atoms with Gasteiger partial charge in [0.2, 0.25) is 5.91 Å². The lowest BCUT2D eigenvalue weighted by atomic mass is 10.1. The summed E-state index contributed by atoms with van der Waals surface area (Å²) in [7, 11) is 4.25. The molecule has 0 aromatic heterocycles. The maximum Gasteiger partial charge on any atom is 0.223 e. The number of rotatable bonds is 4. The highest BCUT2D eigenvalue weighted by Crippen LogP contribution is 2.48. The van der Waals surface area contributed by atoms with Gasteiger partial charge in [0.25, 0.3) is 0 Å². The Morgan fingerprint density at radius 2 is 2.04 bits per heavy atom. The lowest BCUT2D eigenvalue weighted by Gasteiger charge is -2.37. The van der Waals surface area contributed by atoms with Gasteiger partial charge in [0.05, 0.1) is 10.0 Å². The van der Waals surface area contributed by atoms with E-state index >= 15 is 0 Å². The molecule has 0 radical (unpaired) electrons. The van der Waals surface area contributed by atoms with E-state index in [2.05, 4.69) is 29.2 Å². The molecule has 1 aromatic rings. The van der Waals surface area contributed by atoms with Crippen LogP contribution >= 0.6 is 23.2 Å². The fourth-order valence-electron chi connectivity index (χ4n) is 3.27. The summed E-state index contributed by atoms with van der Waals surface area (Å²) >= 11 is 12.0. The Balaban J connectivity index is 1.51. The van der Waals surface area contributed by atoms with E-state index in [0.717, 1.165) is 31.6 Å². The Morgan fingerprint density at radius 1 is 1.26 bits per heavy atom. The number of amides is 1. The summed E-state index contributed by atoms with van der Waals surface area (Å²) in [5.74, 6) is 0.498. The molecule has 1 aliphatic heterocycles. The van der Waals surface area contributed by atoms with Crippen molar-refractivity contribution in [3.05, 3.63) is 33.8 Å². The van der Waals surface area contributed by atoms with Gasteiger partial charge in [0, 0.05) is 38.1 Å². The van der Waals surface area contributed by atoms with E-state index in [-0.39, 0.29) is 17.7 Å². The van der Waals surface area contributed by atoms with Gasteiger partial charge in [-0.05, 0) is 44.1 Å². The molecule has 2 fully saturated rings. The van der Waals surface area contributed by atoms with Gasteiger partial charge in [-0.2, -0.15) is 0 Å². The fraction of sp³-hybridized carbons (Fsp3) is 0.588. The van der Waals surface area contributed by atoms with Crippen molar-refractivity contribution in [2.24, 2.45) is 5.92 Å². The Bertz CT molecular complexity index is 595. The molecule has 0 unspecified atom stereocenters. The zero-order valence-electron chi connectivity index (χ0n) is 13.6. The first kappa shape index (κ1) is 17.0. The second-order valence-corrected chi connectivity index (χ2v) is 7.58. The van der Waals surface area contributed by atoms with Crippen LogP contribution in [0.4, 0.5) is 0 Å². The van der Waals surface area contributed by atoms with Crippen molar-refractivity contribution in [3.8, 4) is 0 Å². The topological polar surface area (TPSA) is 35.6 Å². The van der Waals surface area contributed by atoms with Crippen LogP contribution in [0.15, 0.2) is 18.2 Å². The monoisotopic (exact) mass is 355 g/mol. The van der Waals surface area contributed by atoms with Crippen molar-refractivity contribution in [1.29, 1.82) is 0 Å². The van der Waals surface area contributed by atoms with E-state index in [0.29, 0.717) is 22.6 Å². The molecule has 1 amide bonds. The second kappa shape index (κ2) is 6.98. The van der Waals surface area contributed by atoms with Crippen molar-refractivity contribution in [3.63, 3.8) is 0 Å². The number of nitrogens with one attached hydrogen (secondary N) is 1. The molecule has 23 heavy (non-hydrogen) atoms. The molecular weight excluding hydrogens is 333 g/mol. The Morgan fingerprint density at radius 3 is 2.78 bits per heavy atom. The SMILES string of the molecule is CN1CCN(C)[C@H](CNC(=O)[C@@H]2C[C@@H]2c2ccc(Cl)c(Cl)c2)C1. The molecule has 0 spiro atoms. The quantitative estimate of drug-likeness (QED) is 0.900. The number of carbonyl (C=O) groups excluding carboxylic acids is 1. The van der Waals surface area contributed by atoms with Crippen molar-refractivity contribution in [2.45, 2.75) is 18.4 Å². The minimum atomic E-state index is 0.0684. The highest BCUT2D eigenvalue weighted by molar-refractivity contribution is 6.42. The molecule has 4 nitrogen and oxygen atoms in total. The lowest BCUT2D eigenvalue weighted by molar-refractivity contribution is -0.122. The molecule has 2 aliphatic rings. The summed E-state index contributed by atoms with van der Waals surface area (Å²) in [5.41, 5.74) is 1.11. The van der Waals surface area contributed by atoms with E-state index in [1.54, 1.807) is 6.07 Å². The first-order valence-electron chi connectivity index (χ1n) is 8.07. The highest BCUT2D eigenvalue weighted by Gasteiger charge is 2.44. The first-order chi connectivity index (χ1) is 11.0. The van der Waals surface area contributed by atoms with E-state index in [1.807, 2.05) is 12.1 Å². The van der Waals surface area contributed by atoms with Crippen LogP contribution in [0.1, 0.15) is 17.9 Å². The van der Waals surface area contributed by atoms with Crippen LogP contribution in [-0.2, 0) is 4.79 Å². The van der Waals surface area contributed by atoms with Gasteiger partial charge in [-0.25, -0.2) is 0 Å². The van der Waals surface area contributed by atoms with Crippen LogP contribution in [0.3, 0.4) is 0 Å². The fourth-order valence-corrected chi connectivity index (χ4v) is 3.57. The Kier molecular flexibility index (Phi) is 5.16. The molecule has 3 atom stereocenters. The summed E-state index contributed by atoms with van der Waals surface area (Å²) < 4.78 is 0. The minimum absolute atomic E-state index is 0.0684. The number of nitrogens with zero attached hydrogens (tertiary/aromatic N) is 2. The van der Waals surface area contributed by atoms with Crippen molar-refractivity contribution in [2.75, 3.05) is 40.3 Å². The number of hydrogen-bond donors (Lipinski definition) is 1. The molecule has 1 saturated carbocycles. The average Bonchev–Trinajstić information content (AvgIpc) is 3.31. The molecule has 3 rings (SSSR count). The van der Waals surface area contributed by atoms with E-state index < -0.39 is 0 Å². The molecule has 1 N–H and O–H groups in total. The second-order valence-electron chi connectivity index (χ2n) is 6.76. The molecule has 0 bridgehead atoms. The Hall–Kier alpha value is -0.810. The van der Waals surface area contributed by atoms with Gasteiger partial charge in [-0.1, -0.05) is 29.3 Å². The predicted octanol–water partition coefficient (Wildman–Crippen LogP) is 2.46. The number of hydrogen-bond acceptors (Lipinski definition) is 3. The van der Waals surface area contributed by atoms with Crippen LogP contribution in [0, 0.1) is 5.92 Å². The summed E-state index contributed by atoms with van der Waals surface area (Å²) in [6.45, 7) is 3.84. The molecule has 1 aliphatic carbocycles. The van der Waals surface area contributed by atoms with Gasteiger partial charge in [0.15, 0.2) is 0 Å². The van der Waals surface area contributed by atoms with Crippen LogP contribution in [0.2, 0.25) is 10.0 Å². The van der Waals surface area contributed by atoms with E-state index in [1.165, 1.54) is 0 Å². The third kappa shape index (κ3) is 4.00. The minimum Gasteiger partial charge on any atom is -0.354 e. The standard InChI is InChI=1S/C17H23Cl2N3O/c1-21-5-6-22(2)12(10-21)9-20-17(23)14-8-13(14)11-3-4-15(18)16(19)7-11/h3-4,7,12-14H,5-6,8-10H2,1-2H3,(H,20,23)/t12-,13-,14-/m1/s1. The molecular formula is C17H23Cl2N3O. The number of likely N-dealkylation sites (N-methyl/N-ethyl adjacent to an activating group) is 2. The zero-order chi connectivity index (χ0) is 16.6. The number of benzene rings is 1. The van der Waals surface area contributed by atoms with Gasteiger partial charge >= 0.3 is 0 Å². The summed E-state index contributed by atoms with van der Waals surface area (Å²) in [6.07, 6.45) is 0.893. The summed E-state index contributed by atoms with van der Waals surface area (Å²) in [4.78, 5) is 17.0. The van der Waals surface area contributed by atoms with Gasteiger partial charge in [-0.15, -0.1) is 0 Å². The number of halogens is 2. The molecule has 1 aromatic carbocycles. The van der Waals surface area contributed by atoms with E-state index in [4.69, 9.17) is 23.2 Å². The van der Waals surface area contributed by atoms with Crippen LogP contribution < -0.4 is 5.32 Å². The van der Waals surface area contributed by atoms with Crippen LogP contribution in [0.25, 0.3) is 0 Å². The van der Waals surface area contributed by atoms with Crippen molar-refractivity contribution in [1.82, 2.24) is 15.1 Å². The molecule has 6 heteroatoms. The average molecular weight is 356 g/mol. The first-order valence-corrected chi connectivity index (χ1v) is 8.82. The molecule has 1 heterocycles. The predicted molar refractivity (Wildman–Crippen MR) is 94.2 cm³/mol. The van der Waals surface area contributed by atoms with E-state index in [9.17, 15) is 4.79 Å². The largest absolute Gasteiger partial charge is 0.354 e. The lowest BCUT2D eigenvalue weighted by Crippen LogP contribution is -2.54. The number of carbonyl (C=O) groups is 1. The third-order valence-electron chi connectivity index (χ3n) is 4.99. The van der Waals surface area contributed by atoms with Crippen LogP contribution in [0.5, 0.6) is 0 Å². The molecule has 1 saturated heterocycles. The Labute approximate surface area is 147 Å². The summed E-state index contributed by atoms with van der Waals surface area (Å²) in [6, 6.07) is 6.04. The zero-order valence-corrected chi connectivity index (χ0v) is 15.1. The maximum atomic E-state index is 12.4. The van der Waals surface area contributed by atoms with Gasteiger partial charge in [0.1, 0.15) is 0 Å². The van der Waals surface area contributed by atoms with Gasteiger partial charge in [-0.3, -0.25) is 9.69 Å². The normalized spacial score (nSPS) is 28.6. The summed E-state index contributed by atoms with van der Waals surface area (Å²) in [5, 5.41) is 4.24. The van der Waals surface area contributed by atoms with Crippen molar-refractivity contribution < 1.29 is 4.79 Å². The van der Waals surface area contributed by atoms with Crippen molar-refractivity contribution >= 4 is 29.1 Å². The van der Waals surface area contributed by atoms with Gasteiger partial charge < -0.3 is 10.2 Å². The number of piperazine rings is 1.